The Kier molecular flexibility index (Phi) is 3.85. The van der Waals surface area contributed by atoms with E-state index in [0.29, 0.717) is 10.7 Å². The van der Waals surface area contributed by atoms with E-state index in [1.54, 1.807) is 18.2 Å². The van der Waals surface area contributed by atoms with E-state index in [4.69, 9.17) is 16.9 Å². The van der Waals surface area contributed by atoms with Crippen molar-refractivity contribution in [3.8, 4) is 6.07 Å². The number of nitriles is 1. The second-order valence-corrected chi connectivity index (χ2v) is 4.82. The zero-order valence-corrected chi connectivity index (χ0v) is 11.4. The molecule has 0 bridgehead atoms. The van der Waals surface area contributed by atoms with Crippen LogP contribution in [-0.4, -0.2) is 0 Å². The van der Waals surface area contributed by atoms with Gasteiger partial charge in [0.1, 0.15) is 11.9 Å². The lowest BCUT2D eigenvalue weighted by Gasteiger charge is -2.09. The lowest BCUT2D eigenvalue weighted by molar-refractivity contribution is 0.627. The third-order valence-electron chi connectivity index (χ3n) is 2.30. The van der Waals surface area contributed by atoms with Gasteiger partial charge in [-0.1, -0.05) is 11.6 Å². The second-order valence-electron chi connectivity index (χ2n) is 3.56. The molecule has 0 atom stereocenters. The van der Waals surface area contributed by atoms with Crippen molar-refractivity contribution in [3.05, 3.63) is 57.3 Å². The van der Waals surface area contributed by atoms with E-state index in [1.807, 2.05) is 6.07 Å². The van der Waals surface area contributed by atoms with Crippen molar-refractivity contribution in [2.24, 2.45) is 0 Å². The summed E-state index contributed by atoms with van der Waals surface area (Å²) in [6, 6.07) is 11.3. The van der Waals surface area contributed by atoms with Crippen molar-refractivity contribution in [3.63, 3.8) is 0 Å². The molecule has 0 unspecified atom stereocenters. The first-order chi connectivity index (χ1) is 8.60. The Labute approximate surface area is 117 Å². The molecule has 0 saturated heterocycles. The van der Waals surface area contributed by atoms with Gasteiger partial charge in [-0.3, -0.25) is 0 Å². The molecule has 2 nitrogen and oxygen atoms in total. The van der Waals surface area contributed by atoms with Gasteiger partial charge in [0.15, 0.2) is 0 Å². The van der Waals surface area contributed by atoms with Gasteiger partial charge in [0, 0.05) is 10.2 Å². The average molecular weight is 326 g/mol. The Hall–Kier alpha value is -1.57. The standard InChI is InChI=1S/C13H7BrClFN2/c14-11-3-2-10(6-12(11)15)18-13-4-1-9(16)5-8(13)7-17/h1-6,18H. The largest absolute Gasteiger partial charge is 0.354 e. The van der Waals surface area contributed by atoms with E-state index >= 15 is 0 Å². The third kappa shape index (κ3) is 2.81. The number of rotatable bonds is 2. The summed E-state index contributed by atoms with van der Waals surface area (Å²) < 4.78 is 13.8. The number of nitrogens with zero attached hydrogens (tertiary/aromatic N) is 1. The molecule has 2 rings (SSSR count). The minimum Gasteiger partial charge on any atom is -0.354 e. The van der Waals surface area contributed by atoms with Crippen LogP contribution in [-0.2, 0) is 0 Å². The second kappa shape index (κ2) is 5.38. The molecule has 0 aliphatic carbocycles. The number of hydrogen-bond acceptors (Lipinski definition) is 2. The van der Waals surface area contributed by atoms with Gasteiger partial charge in [0.25, 0.3) is 0 Å². The maximum atomic E-state index is 13.0. The van der Waals surface area contributed by atoms with E-state index in [2.05, 4.69) is 21.2 Å². The highest BCUT2D eigenvalue weighted by Crippen LogP contribution is 2.28. The first-order valence-electron chi connectivity index (χ1n) is 5.02. The maximum Gasteiger partial charge on any atom is 0.124 e. The minimum atomic E-state index is -0.439. The van der Waals surface area contributed by atoms with Gasteiger partial charge in [0.05, 0.1) is 16.3 Å². The predicted octanol–water partition coefficient (Wildman–Crippen LogP) is 4.86. The third-order valence-corrected chi connectivity index (χ3v) is 3.53. The number of anilines is 2. The van der Waals surface area contributed by atoms with E-state index in [0.717, 1.165) is 10.2 Å². The molecule has 0 heterocycles. The summed E-state index contributed by atoms with van der Waals surface area (Å²) in [5.74, 6) is -0.439. The first kappa shape index (κ1) is 12.9. The number of benzene rings is 2. The maximum absolute atomic E-state index is 13.0. The Morgan fingerprint density at radius 3 is 2.67 bits per heavy atom. The van der Waals surface area contributed by atoms with Crippen LogP contribution in [0.15, 0.2) is 40.9 Å². The highest BCUT2D eigenvalue weighted by Gasteiger charge is 2.05. The van der Waals surface area contributed by atoms with Crippen LogP contribution in [0.1, 0.15) is 5.56 Å². The molecule has 0 aliphatic rings. The normalized spacial score (nSPS) is 9.89. The van der Waals surface area contributed by atoms with Crippen LogP contribution in [0.3, 0.4) is 0 Å². The van der Waals surface area contributed by atoms with Crippen molar-refractivity contribution in [1.29, 1.82) is 5.26 Å². The Morgan fingerprint density at radius 1 is 1.22 bits per heavy atom. The quantitative estimate of drug-likeness (QED) is 0.856. The predicted molar refractivity (Wildman–Crippen MR) is 73.5 cm³/mol. The molecule has 0 aliphatic heterocycles. The van der Waals surface area contributed by atoms with Crippen LogP contribution in [0.2, 0.25) is 5.02 Å². The van der Waals surface area contributed by atoms with E-state index in [1.165, 1.54) is 18.2 Å². The van der Waals surface area contributed by atoms with Gasteiger partial charge < -0.3 is 5.32 Å². The van der Waals surface area contributed by atoms with Crippen molar-refractivity contribution in [2.45, 2.75) is 0 Å². The molecular weight excluding hydrogens is 319 g/mol. The van der Waals surface area contributed by atoms with Crippen molar-refractivity contribution in [2.75, 3.05) is 5.32 Å². The Morgan fingerprint density at radius 2 is 2.00 bits per heavy atom. The summed E-state index contributed by atoms with van der Waals surface area (Å²) in [7, 11) is 0. The smallest absolute Gasteiger partial charge is 0.124 e. The number of nitrogens with one attached hydrogen (secondary N) is 1. The summed E-state index contributed by atoms with van der Waals surface area (Å²) in [5.41, 5.74) is 1.51. The molecule has 0 spiro atoms. The van der Waals surface area contributed by atoms with Crippen molar-refractivity contribution in [1.82, 2.24) is 0 Å². The molecule has 0 aromatic heterocycles. The summed E-state index contributed by atoms with van der Waals surface area (Å²) >= 11 is 9.26. The van der Waals surface area contributed by atoms with Crippen LogP contribution in [0.4, 0.5) is 15.8 Å². The fraction of sp³-hybridized carbons (Fsp3) is 0. The topological polar surface area (TPSA) is 35.8 Å². The van der Waals surface area contributed by atoms with Gasteiger partial charge in [-0.05, 0) is 52.3 Å². The molecule has 2 aromatic carbocycles. The molecule has 0 fully saturated rings. The van der Waals surface area contributed by atoms with Crippen molar-refractivity contribution < 1.29 is 4.39 Å². The van der Waals surface area contributed by atoms with Crippen molar-refractivity contribution >= 4 is 38.9 Å². The molecule has 0 amide bonds. The molecule has 90 valence electrons. The fourth-order valence-electron chi connectivity index (χ4n) is 1.45. The molecule has 2 aromatic rings. The van der Waals surface area contributed by atoms with Crippen LogP contribution < -0.4 is 5.32 Å². The van der Waals surface area contributed by atoms with Gasteiger partial charge >= 0.3 is 0 Å². The van der Waals surface area contributed by atoms with Gasteiger partial charge in [-0.2, -0.15) is 5.26 Å². The molecule has 18 heavy (non-hydrogen) atoms. The Balaban J connectivity index is 2.34. The van der Waals surface area contributed by atoms with Gasteiger partial charge in [-0.15, -0.1) is 0 Å². The average Bonchev–Trinajstić information content (AvgIpc) is 2.36. The highest BCUT2D eigenvalue weighted by molar-refractivity contribution is 9.10. The number of hydrogen-bond donors (Lipinski definition) is 1. The highest BCUT2D eigenvalue weighted by atomic mass is 79.9. The Bertz CT molecular complexity index is 637. The summed E-state index contributed by atoms with van der Waals surface area (Å²) in [5, 5.41) is 12.5. The zero-order chi connectivity index (χ0) is 13.1. The van der Waals surface area contributed by atoms with Gasteiger partial charge in [0.2, 0.25) is 0 Å². The zero-order valence-electron chi connectivity index (χ0n) is 9.05. The molecule has 1 N–H and O–H groups in total. The van der Waals surface area contributed by atoms with Crippen LogP contribution >= 0.6 is 27.5 Å². The molecule has 0 saturated carbocycles. The van der Waals surface area contributed by atoms with Crippen LogP contribution in [0.25, 0.3) is 0 Å². The summed E-state index contributed by atoms with van der Waals surface area (Å²) in [6.45, 7) is 0. The number of halogens is 3. The monoisotopic (exact) mass is 324 g/mol. The summed E-state index contributed by atoms with van der Waals surface area (Å²) in [4.78, 5) is 0. The van der Waals surface area contributed by atoms with Crippen LogP contribution in [0, 0.1) is 17.1 Å². The lowest BCUT2D eigenvalue weighted by atomic mass is 10.2. The summed E-state index contributed by atoms with van der Waals surface area (Å²) in [6.07, 6.45) is 0. The first-order valence-corrected chi connectivity index (χ1v) is 6.19. The molecule has 5 heteroatoms. The molecular formula is C13H7BrClFN2. The molecule has 0 radical (unpaired) electrons. The van der Waals surface area contributed by atoms with E-state index < -0.39 is 5.82 Å². The fourth-order valence-corrected chi connectivity index (χ4v) is 1.87. The lowest BCUT2D eigenvalue weighted by Crippen LogP contribution is -1.94. The van der Waals surface area contributed by atoms with Gasteiger partial charge in [-0.25, -0.2) is 4.39 Å². The van der Waals surface area contributed by atoms with E-state index in [9.17, 15) is 4.39 Å². The minimum absolute atomic E-state index is 0.244. The van der Waals surface area contributed by atoms with E-state index in [-0.39, 0.29) is 5.56 Å². The van der Waals surface area contributed by atoms with Crippen LogP contribution in [0.5, 0.6) is 0 Å². The SMILES string of the molecule is N#Cc1cc(F)ccc1Nc1ccc(Br)c(Cl)c1.